The summed E-state index contributed by atoms with van der Waals surface area (Å²) in [5.41, 5.74) is 3.36. The lowest BCUT2D eigenvalue weighted by atomic mass is 9.90. The van der Waals surface area contributed by atoms with Gasteiger partial charge in [-0.2, -0.15) is 0 Å². The monoisotopic (exact) mass is 243 g/mol. The summed E-state index contributed by atoms with van der Waals surface area (Å²) in [6.07, 6.45) is 0.904. The molecule has 1 atom stereocenters. The number of benzene rings is 2. The Labute approximate surface area is 105 Å². The fraction of sp³-hybridized carbons (Fsp3) is 0.200. The number of halogens is 1. The predicted molar refractivity (Wildman–Crippen MR) is 68.1 cm³/mol. The first-order chi connectivity index (χ1) is 8.74. The van der Waals surface area contributed by atoms with E-state index in [1.54, 1.807) is 18.2 Å². The summed E-state index contributed by atoms with van der Waals surface area (Å²) in [5, 5.41) is 12.9. The van der Waals surface area contributed by atoms with E-state index in [9.17, 15) is 9.50 Å². The number of phenols is 1. The molecular weight excluding hydrogens is 229 g/mol. The molecule has 3 rings (SSSR count). The molecule has 0 aliphatic carbocycles. The maximum absolute atomic E-state index is 12.9. The van der Waals surface area contributed by atoms with Crippen LogP contribution in [-0.2, 0) is 6.42 Å². The molecule has 2 nitrogen and oxygen atoms in total. The fourth-order valence-electron chi connectivity index (χ4n) is 2.50. The molecular formula is C15H14FNO. The van der Waals surface area contributed by atoms with Crippen LogP contribution in [0.1, 0.15) is 22.7 Å². The molecule has 3 heteroatoms. The van der Waals surface area contributed by atoms with Crippen LogP contribution in [0, 0.1) is 5.82 Å². The summed E-state index contributed by atoms with van der Waals surface area (Å²) >= 11 is 0. The molecule has 1 heterocycles. The van der Waals surface area contributed by atoms with Gasteiger partial charge in [-0.3, -0.25) is 0 Å². The molecule has 0 unspecified atom stereocenters. The first-order valence-electron chi connectivity index (χ1n) is 6.05. The Morgan fingerprint density at radius 2 is 1.89 bits per heavy atom. The molecule has 2 aromatic carbocycles. The molecule has 0 spiro atoms. The highest BCUT2D eigenvalue weighted by Gasteiger charge is 2.21. The zero-order valence-corrected chi connectivity index (χ0v) is 9.86. The summed E-state index contributed by atoms with van der Waals surface area (Å²) in [6.45, 7) is 0.860. The van der Waals surface area contributed by atoms with Crippen LogP contribution in [0.3, 0.4) is 0 Å². The normalized spacial score (nSPS) is 18.4. The van der Waals surface area contributed by atoms with Crippen LogP contribution in [-0.4, -0.2) is 11.7 Å². The average molecular weight is 243 g/mol. The van der Waals surface area contributed by atoms with Crippen LogP contribution >= 0.6 is 0 Å². The molecule has 1 aliphatic rings. The Morgan fingerprint density at radius 1 is 1.11 bits per heavy atom. The third-order valence-corrected chi connectivity index (χ3v) is 3.38. The van der Waals surface area contributed by atoms with Gasteiger partial charge >= 0.3 is 0 Å². The van der Waals surface area contributed by atoms with Crippen molar-refractivity contribution < 1.29 is 9.50 Å². The van der Waals surface area contributed by atoms with E-state index < -0.39 is 0 Å². The molecule has 2 aromatic rings. The Hall–Kier alpha value is -1.87. The minimum Gasteiger partial charge on any atom is -0.508 e. The fourth-order valence-corrected chi connectivity index (χ4v) is 2.50. The van der Waals surface area contributed by atoms with E-state index in [0.29, 0.717) is 5.75 Å². The molecule has 92 valence electrons. The number of hydrogen-bond acceptors (Lipinski definition) is 2. The smallest absolute Gasteiger partial charge is 0.123 e. The highest BCUT2D eigenvalue weighted by Crippen LogP contribution is 2.30. The quantitative estimate of drug-likeness (QED) is 0.807. The molecule has 2 N–H and O–H groups in total. The van der Waals surface area contributed by atoms with Gasteiger partial charge in [0.15, 0.2) is 0 Å². The van der Waals surface area contributed by atoms with Gasteiger partial charge in [-0.15, -0.1) is 0 Å². The molecule has 18 heavy (non-hydrogen) atoms. The second-order valence-corrected chi connectivity index (χ2v) is 4.57. The molecule has 0 saturated heterocycles. The van der Waals surface area contributed by atoms with Crippen molar-refractivity contribution in [2.75, 3.05) is 6.54 Å². The number of nitrogens with one attached hydrogen (secondary N) is 1. The summed E-state index contributed by atoms with van der Waals surface area (Å²) in [4.78, 5) is 0. The van der Waals surface area contributed by atoms with Gasteiger partial charge in [0.05, 0.1) is 6.04 Å². The van der Waals surface area contributed by atoms with Crippen LogP contribution in [0.2, 0.25) is 0 Å². The van der Waals surface area contributed by atoms with Gasteiger partial charge in [-0.05, 0) is 47.4 Å². The number of phenolic OH excluding ortho intramolecular Hbond substituents is 1. The highest BCUT2D eigenvalue weighted by molar-refractivity contribution is 5.43. The Kier molecular flexibility index (Phi) is 2.76. The van der Waals surface area contributed by atoms with Gasteiger partial charge in [0.1, 0.15) is 11.6 Å². The maximum atomic E-state index is 12.9. The Bertz CT molecular complexity index is 565. The van der Waals surface area contributed by atoms with E-state index in [0.717, 1.165) is 29.7 Å². The van der Waals surface area contributed by atoms with Crippen LogP contribution in [0.25, 0.3) is 0 Å². The van der Waals surface area contributed by atoms with Gasteiger partial charge < -0.3 is 10.4 Å². The highest BCUT2D eigenvalue weighted by atomic mass is 19.1. The molecule has 0 saturated carbocycles. The SMILES string of the molecule is Oc1ccc2c(c1)CCN[C@H]2c1ccc(F)cc1. The van der Waals surface area contributed by atoms with Crippen molar-refractivity contribution in [2.24, 2.45) is 0 Å². The van der Waals surface area contributed by atoms with Crippen LogP contribution in [0.4, 0.5) is 4.39 Å². The topological polar surface area (TPSA) is 32.3 Å². The summed E-state index contributed by atoms with van der Waals surface area (Å²) in [6, 6.07) is 12.1. The average Bonchev–Trinajstić information content (AvgIpc) is 2.38. The summed E-state index contributed by atoms with van der Waals surface area (Å²) < 4.78 is 12.9. The van der Waals surface area contributed by atoms with E-state index >= 15 is 0 Å². The van der Waals surface area contributed by atoms with E-state index in [1.807, 2.05) is 12.1 Å². The molecule has 0 bridgehead atoms. The predicted octanol–water partition coefficient (Wildman–Crippen LogP) is 2.77. The minimum atomic E-state index is -0.222. The lowest BCUT2D eigenvalue weighted by molar-refractivity contribution is 0.471. The third kappa shape index (κ3) is 1.97. The molecule has 0 aromatic heterocycles. The summed E-state index contributed by atoms with van der Waals surface area (Å²) in [7, 11) is 0. The third-order valence-electron chi connectivity index (χ3n) is 3.38. The Morgan fingerprint density at radius 3 is 2.67 bits per heavy atom. The maximum Gasteiger partial charge on any atom is 0.123 e. The van der Waals surface area contributed by atoms with Gasteiger partial charge in [0.2, 0.25) is 0 Å². The van der Waals surface area contributed by atoms with Crippen molar-refractivity contribution in [1.82, 2.24) is 5.32 Å². The summed E-state index contributed by atoms with van der Waals surface area (Å²) in [5.74, 6) is 0.0778. The first kappa shape index (κ1) is 11.2. The van der Waals surface area contributed by atoms with Gasteiger partial charge in [0, 0.05) is 6.54 Å². The van der Waals surface area contributed by atoms with Crippen LogP contribution in [0.5, 0.6) is 5.75 Å². The van der Waals surface area contributed by atoms with E-state index in [4.69, 9.17) is 0 Å². The lowest BCUT2D eigenvalue weighted by Gasteiger charge is -2.27. The van der Waals surface area contributed by atoms with Crippen LogP contribution in [0.15, 0.2) is 42.5 Å². The number of hydrogen-bond donors (Lipinski definition) is 2. The van der Waals surface area contributed by atoms with Gasteiger partial charge in [-0.25, -0.2) is 4.39 Å². The molecule has 0 fully saturated rings. The zero-order chi connectivity index (χ0) is 12.5. The van der Waals surface area contributed by atoms with Crippen molar-refractivity contribution >= 4 is 0 Å². The Balaban J connectivity index is 2.03. The standard InChI is InChI=1S/C15H14FNO/c16-12-3-1-10(2-4-12)15-14-6-5-13(18)9-11(14)7-8-17-15/h1-6,9,15,17-18H,7-8H2/t15-/m0/s1. The van der Waals surface area contributed by atoms with Crippen molar-refractivity contribution in [3.63, 3.8) is 0 Å². The molecule has 0 radical (unpaired) electrons. The first-order valence-corrected chi connectivity index (χ1v) is 6.05. The van der Waals surface area contributed by atoms with E-state index in [-0.39, 0.29) is 11.9 Å². The van der Waals surface area contributed by atoms with Crippen LogP contribution < -0.4 is 5.32 Å². The second-order valence-electron chi connectivity index (χ2n) is 4.57. The van der Waals surface area contributed by atoms with Gasteiger partial charge in [-0.1, -0.05) is 18.2 Å². The number of rotatable bonds is 1. The van der Waals surface area contributed by atoms with Crippen molar-refractivity contribution in [2.45, 2.75) is 12.5 Å². The van der Waals surface area contributed by atoms with Crippen molar-refractivity contribution in [3.8, 4) is 5.75 Å². The zero-order valence-electron chi connectivity index (χ0n) is 9.86. The van der Waals surface area contributed by atoms with Crippen molar-refractivity contribution in [1.29, 1.82) is 0 Å². The number of aromatic hydroxyl groups is 1. The molecule has 0 amide bonds. The van der Waals surface area contributed by atoms with E-state index in [1.165, 1.54) is 12.1 Å². The minimum absolute atomic E-state index is 0.0787. The molecule has 1 aliphatic heterocycles. The van der Waals surface area contributed by atoms with Crippen molar-refractivity contribution in [3.05, 3.63) is 65.0 Å². The second kappa shape index (κ2) is 4.42. The van der Waals surface area contributed by atoms with Gasteiger partial charge in [0.25, 0.3) is 0 Å². The lowest BCUT2D eigenvalue weighted by Crippen LogP contribution is -2.30. The number of fused-ring (bicyclic) bond motifs is 1. The van der Waals surface area contributed by atoms with E-state index in [2.05, 4.69) is 5.32 Å². The largest absolute Gasteiger partial charge is 0.508 e.